The number of carbonyl (C=O) groups excluding carboxylic acids is 1. The summed E-state index contributed by atoms with van der Waals surface area (Å²) in [6.45, 7) is 1.42. The Morgan fingerprint density at radius 2 is 1.33 bits per heavy atom. The minimum Gasteiger partial charge on any atom is -0.497 e. The van der Waals surface area contributed by atoms with Crippen LogP contribution >= 0.6 is 0 Å². The number of hydrogen-bond acceptors (Lipinski definition) is 3. The van der Waals surface area contributed by atoms with E-state index in [0.29, 0.717) is 5.75 Å². The number of hydrogen-bond donors (Lipinski definition) is 0. The Balaban J connectivity index is 1.97. The second kappa shape index (κ2) is 7.08. The van der Waals surface area contributed by atoms with Gasteiger partial charge in [-0.05, 0) is 48.2 Å². The van der Waals surface area contributed by atoms with E-state index in [4.69, 9.17) is 9.47 Å². The van der Waals surface area contributed by atoms with Crippen LogP contribution in [0.2, 0.25) is 0 Å². The summed E-state index contributed by atoms with van der Waals surface area (Å²) in [5.41, 5.74) is 2.67. The van der Waals surface area contributed by atoms with Gasteiger partial charge >= 0.3 is 5.97 Å². The molecule has 0 heterocycles. The van der Waals surface area contributed by atoms with Gasteiger partial charge in [0.2, 0.25) is 0 Å². The largest absolute Gasteiger partial charge is 0.497 e. The number of rotatable bonds is 4. The Morgan fingerprint density at radius 1 is 0.833 bits per heavy atom. The van der Waals surface area contributed by atoms with E-state index in [0.717, 1.165) is 18.6 Å². The van der Waals surface area contributed by atoms with Crippen molar-refractivity contribution >= 4 is 5.97 Å². The summed E-state index contributed by atoms with van der Waals surface area (Å²) in [5.74, 6) is 1.20. The van der Waals surface area contributed by atoms with Gasteiger partial charge in [-0.25, -0.2) is 0 Å². The number of ether oxygens (including phenoxy) is 2. The molecule has 3 nitrogen and oxygen atoms in total. The third kappa shape index (κ3) is 3.30. The number of benzene rings is 2. The zero-order valence-electron chi connectivity index (χ0n) is 14.4. The van der Waals surface area contributed by atoms with Gasteiger partial charge in [0.1, 0.15) is 11.5 Å². The summed E-state index contributed by atoms with van der Waals surface area (Å²) in [6, 6.07) is 16.5. The quantitative estimate of drug-likeness (QED) is 0.594. The topological polar surface area (TPSA) is 35.5 Å². The Bertz CT molecular complexity index is 680. The van der Waals surface area contributed by atoms with Crippen molar-refractivity contribution in [3.8, 4) is 11.5 Å². The van der Waals surface area contributed by atoms with E-state index in [1.54, 1.807) is 7.11 Å². The monoisotopic (exact) mass is 324 g/mol. The minimum absolute atomic E-state index is 0.0409. The van der Waals surface area contributed by atoms with E-state index in [2.05, 4.69) is 24.3 Å². The molecule has 1 aliphatic rings. The van der Waals surface area contributed by atoms with Crippen LogP contribution in [-0.2, 0) is 10.2 Å². The summed E-state index contributed by atoms with van der Waals surface area (Å²) in [4.78, 5) is 11.1. The molecule has 24 heavy (non-hydrogen) atoms. The fraction of sp³-hybridized carbons (Fsp3) is 0.381. The Labute approximate surface area is 143 Å². The van der Waals surface area contributed by atoms with Crippen LogP contribution in [0.4, 0.5) is 0 Å². The molecule has 0 aromatic heterocycles. The highest BCUT2D eigenvalue weighted by Gasteiger charge is 2.35. The highest BCUT2D eigenvalue weighted by Crippen LogP contribution is 2.45. The molecule has 2 aromatic carbocycles. The lowest BCUT2D eigenvalue weighted by atomic mass is 9.65. The first-order valence-electron chi connectivity index (χ1n) is 8.57. The molecule has 3 heteroatoms. The molecular formula is C21H24O3. The Kier molecular flexibility index (Phi) is 4.89. The van der Waals surface area contributed by atoms with Crippen molar-refractivity contribution in [2.24, 2.45) is 0 Å². The van der Waals surface area contributed by atoms with Crippen molar-refractivity contribution in [1.82, 2.24) is 0 Å². The molecule has 0 bridgehead atoms. The molecule has 2 aromatic rings. The Morgan fingerprint density at radius 3 is 1.79 bits per heavy atom. The van der Waals surface area contributed by atoms with Gasteiger partial charge in [0, 0.05) is 12.3 Å². The van der Waals surface area contributed by atoms with Gasteiger partial charge in [0.15, 0.2) is 0 Å². The average Bonchev–Trinajstić information content (AvgIpc) is 2.62. The maximum absolute atomic E-state index is 11.1. The second-order valence-electron chi connectivity index (χ2n) is 6.49. The Hall–Kier alpha value is -2.29. The molecule has 0 radical (unpaired) electrons. The molecule has 1 saturated carbocycles. The minimum atomic E-state index is -0.287. The summed E-state index contributed by atoms with van der Waals surface area (Å²) in [5, 5.41) is 0. The van der Waals surface area contributed by atoms with Crippen LogP contribution in [0.3, 0.4) is 0 Å². The molecule has 0 unspecified atom stereocenters. The van der Waals surface area contributed by atoms with Gasteiger partial charge in [-0.15, -0.1) is 0 Å². The first-order chi connectivity index (χ1) is 11.6. The summed E-state index contributed by atoms with van der Waals surface area (Å²) in [7, 11) is 1.69. The number of carbonyl (C=O) groups is 1. The van der Waals surface area contributed by atoms with E-state index >= 15 is 0 Å². The predicted molar refractivity (Wildman–Crippen MR) is 94.6 cm³/mol. The van der Waals surface area contributed by atoms with Crippen molar-refractivity contribution in [2.75, 3.05) is 7.11 Å². The van der Waals surface area contributed by atoms with Gasteiger partial charge < -0.3 is 9.47 Å². The smallest absolute Gasteiger partial charge is 0.308 e. The highest BCUT2D eigenvalue weighted by molar-refractivity contribution is 5.69. The molecule has 1 fully saturated rings. The van der Waals surface area contributed by atoms with Crippen molar-refractivity contribution in [3.05, 3.63) is 59.7 Å². The van der Waals surface area contributed by atoms with E-state index in [9.17, 15) is 4.79 Å². The summed E-state index contributed by atoms with van der Waals surface area (Å²) < 4.78 is 10.5. The summed E-state index contributed by atoms with van der Waals surface area (Å²) >= 11 is 0. The fourth-order valence-corrected chi connectivity index (χ4v) is 3.82. The van der Waals surface area contributed by atoms with Crippen molar-refractivity contribution < 1.29 is 14.3 Å². The standard InChI is InChI=1S/C21H24O3/c1-16(22)24-20-12-8-18(9-13-20)21(14-4-3-5-15-21)17-6-10-19(23-2)11-7-17/h6-13H,3-5,14-15H2,1-2H3. The SMILES string of the molecule is COc1ccc(C2(c3ccc(OC(C)=O)cc3)CCCCC2)cc1. The molecule has 0 atom stereocenters. The predicted octanol–water partition coefficient (Wildman–Crippen LogP) is 4.87. The van der Waals surface area contributed by atoms with Gasteiger partial charge in [-0.2, -0.15) is 0 Å². The number of methoxy groups -OCH3 is 1. The maximum Gasteiger partial charge on any atom is 0.308 e. The lowest BCUT2D eigenvalue weighted by Gasteiger charge is -2.38. The lowest BCUT2D eigenvalue weighted by Crippen LogP contribution is -2.30. The normalized spacial score (nSPS) is 16.4. The van der Waals surface area contributed by atoms with Gasteiger partial charge in [0.25, 0.3) is 0 Å². The van der Waals surface area contributed by atoms with Gasteiger partial charge in [-0.3, -0.25) is 4.79 Å². The van der Waals surface area contributed by atoms with E-state index in [1.165, 1.54) is 37.3 Å². The molecule has 3 rings (SSSR count). The summed E-state index contributed by atoms with van der Waals surface area (Å²) in [6.07, 6.45) is 6.05. The molecule has 1 aliphatic carbocycles. The zero-order chi connectivity index (χ0) is 17.0. The third-order valence-corrected chi connectivity index (χ3v) is 5.02. The van der Waals surface area contributed by atoms with Crippen LogP contribution in [-0.4, -0.2) is 13.1 Å². The van der Waals surface area contributed by atoms with Gasteiger partial charge in [-0.1, -0.05) is 43.5 Å². The average molecular weight is 324 g/mol. The highest BCUT2D eigenvalue weighted by atomic mass is 16.5. The fourth-order valence-electron chi connectivity index (χ4n) is 3.82. The van der Waals surface area contributed by atoms with Crippen LogP contribution in [0.15, 0.2) is 48.5 Å². The maximum atomic E-state index is 11.1. The number of esters is 1. The molecule has 0 N–H and O–H groups in total. The van der Waals surface area contributed by atoms with Crippen LogP contribution in [0, 0.1) is 0 Å². The van der Waals surface area contributed by atoms with E-state index in [1.807, 2.05) is 24.3 Å². The third-order valence-electron chi connectivity index (χ3n) is 5.02. The molecule has 0 saturated heterocycles. The van der Waals surface area contributed by atoms with E-state index in [-0.39, 0.29) is 11.4 Å². The van der Waals surface area contributed by atoms with Crippen LogP contribution < -0.4 is 9.47 Å². The van der Waals surface area contributed by atoms with E-state index < -0.39 is 0 Å². The molecule has 0 amide bonds. The molecule has 0 spiro atoms. The van der Waals surface area contributed by atoms with Crippen LogP contribution in [0.5, 0.6) is 11.5 Å². The van der Waals surface area contributed by atoms with Crippen molar-refractivity contribution in [2.45, 2.75) is 44.4 Å². The lowest BCUT2D eigenvalue weighted by molar-refractivity contribution is -0.131. The molecule has 0 aliphatic heterocycles. The first-order valence-corrected chi connectivity index (χ1v) is 8.57. The van der Waals surface area contributed by atoms with Crippen LogP contribution in [0.25, 0.3) is 0 Å². The molecular weight excluding hydrogens is 300 g/mol. The van der Waals surface area contributed by atoms with Crippen LogP contribution in [0.1, 0.15) is 50.2 Å². The van der Waals surface area contributed by atoms with Crippen molar-refractivity contribution in [3.63, 3.8) is 0 Å². The molecule has 126 valence electrons. The first kappa shape index (κ1) is 16.6. The zero-order valence-corrected chi connectivity index (χ0v) is 14.4. The van der Waals surface area contributed by atoms with Crippen molar-refractivity contribution in [1.29, 1.82) is 0 Å². The van der Waals surface area contributed by atoms with Gasteiger partial charge in [0.05, 0.1) is 7.11 Å². The second-order valence-corrected chi connectivity index (χ2v) is 6.49.